The predicted octanol–water partition coefficient (Wildman–Crippen LogP) is 1.22. The summed E-state index contributed by atoms with van der Waals surface area (Å²) in [7, 11) is 0. The van der Waals surface area contributed by atoms with Gasteiger partial charge in [0, 0.05) is 12.0 Å². The minimum absolute atomic E-state index is 0.169. The molecule has 1 amide bonds. The van der Waals surface area contributed by atoms with Gasteiger partial charge in [0.25, 0.3) is 0 Å². The Hall–Kier alpha value is -0.910. The molecule has 1 aliphatic heterocycles. The number of aliphatic hydroxyl groups excluding tert-OH is 1. The molecule has 5 nitrogen and oxygen atoms in total. The van der Waals surface area contributed by atoms with Gasteiger partial charge in [-0.15, -0.1) is 6.58 Å². The average molecular weight is 271 g/mol. The molecule has 1 aliphatic rings. The van der Waals surface area contributed by atoms with Gasteiger partial charge >= 0.3 is 0 Å². The van der Waals surface area contributed by atoms with Gasteiger partial charge in [0.15, 0.2) is 5.79 Å². The molecular weight excluding hydrogens is 246 g/mol. The molecule has 0 aliphatic carbocycles. The molecule has 2 N–H and O–H groups in total. The van der Waals surface area contributed by atoms with Crippen molar-refractivity contribution < 1.29 is 19.4 Å². The van der Waals surface area contributed by atoms with Crippen LogP contribution in [0.25, 0.3) is 0 Å². The molecule has 2 unspecified atom stereocenters. The first-order valence-corrected chi connectivity index (χ1v) is 6.58. The number of rotatable bonds is 5. The molecule has 2 atom stereocenters. The lowest BCUT2D eigenvalue weighted by atomic mass is 9.85. The van der Waals surface area contributed by atoms with Gasteiger partial charge in [0.1, 0.15) is 6.10 Å². The van der Waals surface area contributed by atoms with Crippen molar-refractivity contribution in [3.05, 3.63) is 12.7 Å². The Kier molecular flexibility index (Phi) is 5.12. The van der Waals surface area contributed by atoms with Crippen LogP contribution in [-0.2, 0) is 14.3 Å². The van der Waals surface area contributed by atoms with Crippen LogP contribution < -0.4 is 5.32 Å². The van der Waals surface area contributed by atoms with E-state index < -0.39 is 18.0 Å². The molecule has 0 saturated carbocycles. The Morgan fingerprint density at radius 2 is 2.16 bits per heavy atom. The summed E-state index contributed by atoms with van der Waals surface area (Å²) in [6.45, 7) is 11.8. The second-order valence-corrected chi connectivity index (χ2v) is 6.06. The number of nitrogens with one attached hydrogen (secondary N) is 1. The molecule has 1 rings (SSSR count). The third kappa shape index (κ3) is 4.60. The normalized spacial score (nSPS) is 26.5. The quantitative estimate of drug-likeness (QED) is 0.738. The van der Waals surface area contributed by atoms with Crippen molar-refractivity contribution in [1.29, 1.82) is 0 Å². The van der Waals surface area contributed by atoms with E-state index in [0.29, 0.717) is 19.6 Å². The highest BCUT2D eigenvalue weighted by Gasteiger charge is 2.45. The van der Waals surface area contributed by atoms with E-state index in [-0.39, 0.29) is 11.3 Å². The van der Waals surface area contributed by atoms with Crippen molar-refractivity contribution in [3.8, 4) is 0 Å². The minimum Gasteiger partial charge on any atom is -0.389 e. The zero-order valence-corrected chi connectivity index (χ0v) is 12.2. The molecule has 1 heterocycles. The van der Waals surface area contributed by atoms with Crippen molar-refractivity contribution in [2.24, 2.45) is 5.41 Å². The molecule has 0 aromatic carbocycles. The Balaban J connectivity index is 2.55. The van der Waals surface area contributed by atoms with Gasteiger partial charge < -0.3 is 19.9 Å². The van der Waals surface area contributed by atoms with Crippen LogP contribution in [0.2, 0.25) is 0 Å². The maximum absolute atomic E-state index is 12.2. The summed E-state index contributed by atoms with van der Waals surface area (Å²) in [5.41, 5.74) is -0.378. The fourth-order valence-corrected chi connectivity index (χ4v) is 1.88. The largest absolute Gasteiger partial charge is 0.389 e. The smallest absolute Gasteiger partial charge is 0.249 e. The number of hydrogen-bond acceptors (Lipinski definition) is 4. The number of carbonyl (C=O) groups excluding carboxylic acids is 1. The van der Waals surface area contributed by atoms with E-state index in [4.69, 9.17) is 9.47 Å². The molecule has 0 spiro atoms. The van der Waals surface area contributed by atoms with Gasteiger partial charge in [-0.1, -0.05) is 19.9 Å². The molecule has 110 valence electrons. The van der Waals surface area contributed by atoms with Crippen molar-refractivity contribution >= 4 is 5.91 Å². The highest BCUT2D eigenvalue weighted by Crippen LogP contribution is 2.34. The summed E-state index contributed by atoms with van der Waals surface area (Å²) in [4.78, 5) is 12.2. The number of amides is 1. The summed E-state index contributed by atoms with van der Waals surface area (Å²) >= 11 is 0. The fraction of sp³-hybridized carbons (Fsp3) is 0.786. The van der Waals surface area contributed by atoms with Crippen LogP contribution >= 0.6 is 0 Å². The highest BCUT2D eigenvalue weighted by atomic mass is 16.7. The number of carbonyl (C=O) groups is 1. The monoisotopic (exact) mass is 271 g/mol. The molecule has 0 aromatic heterocycles. The summed E-state index contributed by atoms with van der Waals surface area (Å²) in [5, 5.41) is 12.1. The van der Waals surface area contributed by atoms with Gasteiger partial charge in [0.05, 0.1) is 12.7 Å². The number of hydrogen-bond donors (Lipinski definition) is 2. The van der Waals surface area contributed by atoms with Crippen LogP contribution in [0.4, 0.5) is 0 Å². The molecule has 5 heteroatoms. The first-order valence-electron chi connectivity index (χ1n) is 6.58. The van der Waals surface area contributed by atoms with E-state index in [1.807, 2.05) is 13.8 Å². The predicted molar refractivity (Wildman–Crippen MR) is 72.5 cm³/mol. The number of aliphatic hydroxyl groups is 1. The first-order chi connectivity index (χ1) is 8.68. The van der Waals surface area contributed by atoms with Crippen LogP contribution in [0, 0.1) is 5.41 Å². The van der Waals surface area contributed by atoms with Gasteiger partial charge in [-0.25, -0.2) is 0 Å². The van der Waals surface area contributed by atoms with Crippen molar-refractivity contribution in [1.82, 2.24) is 5.32 Å². The van der Waals surface area contributed by atoms with Crippen LogP contribution in [0.3, 0.4) is 0 Å². The number of ether oxygens (including phenoxy) is 2. The van der Waals surface area contributed by atoms with Crippen LogP contribution in [0.5, 0.6) is 0 Å². The van der Waals surface area contributed by atoms with E-state index in [0.717, 1.165) is 0 Å². The lowest BCUT2D eigenvalue weighted by molar-refractivity contribution is -0.304. The maximum atomic E-state index is 12.2. The SMILES string of the molecule is C=CC(O)CCNC(=O)C1OC(C)(C)OCC1(C)C. The summed E-state index contributed by atoms with van der Waals surface area (Å²) < 4.78 is 11.3. The van der Waals surface area contributed by atoms with Crippen molar-refractivity contribution in [2.75, 3.05) is 13.2 Å². The lowest BCUT2D eigenvalue weighted by Crippen LogP contribution is -2.56. The Morgan fingerprint density at radius 1 is 1.53 bits per heavy atom. The Bertz CT molecular complexity index is 338. The molecule has 19 heavy (non-hydrogen) atoms. The van der Waals surface area contributed by atoms with Gasteiger partial charge in [-0.05, 0) is 20.3 Å². The molecular formula is C14H25NO4. The molecule has 1 saturated heterocycles. The van der Waals surface area contributed by atoms with Crippen LogP contribution in [-0.4, -0.2) is 42.2 Å². The second kappa shape index (κ2) is 6.03. The average Bonchev–Trinajstić information content (AvgIpc) is 2.32. The third-order valence-corrected chi connectivity index (χ3v) is 3.15. The first kappa shape index (κ1) is 16.1. The van der Waals surface area contributed by atoms with E-state index in [2.05, 4.69) is 11.9 Å². The zero-order valence-electron chi connectivity index (χ0n) is 12.2. The summed E-state index contributed by atoms with van der Waals surface area (Å²) in [6.07, 6.45) is 0.740. The Morgan fingerprint density at radius 3 is 2.74 bits per heavy atom. The van der Waals surface area contributed by atoms with E-state index in [1.54, 1.807) is 13.8 Å². The van der Waals surface area contributed by atoms with E-state index >= 15 is 0 Å². The van der Waals surface area contributed by atoms with Gasteiger partial charge in [-0.2, -0.15) is 0 Å². The molecule has 0 bridgehead atoms. The van der Waals surface area contributed by atoms with Crippen molar-refractivity contribution in [3.63, 3.8) is 0 Å². The third-order valence-electron chi connectivity index (χ3n) is 3.15. The minimum atomic E-state index is -0.752. The molecule has 0 radical (unpaired) electrons. The van der Waals surface area contributed by atoms with Crippen LogP contribution in [0.1, 0.15) is 34.1 Å². The van der Waals surface area contributed by atoms with Gasteiger partial charge in [-0.3, -0.25) is 4.79 Å². The van der Waals surface area contributed by atoms with E-state index in [1.165, 1.54) is 6.08 Å². The highest BCUT2D eigenvalue weighted by molar-refractivity contribution is 5.81. The summed E-state index contributed by atoms with van der Waals surface area (Å²) in [5.74, 6) is -0.921. The molecule has 0 aromatic rings. The molecule has 1 fully saturated rings. The topological polar surface area (TPSA) is 67.8 Å². The standard InChI is InChI=1S/C14H25NO4/c1-6-10(16)7-8-15-12(17)11-13(2,3)9-18-14(4,5)19-11/h6,10-11,16H,1,7-9H2,2-5H3,(H,15,17). The van der Waals surface area contributed by atoms with E-state index in [9.17, 15) is 9.90 Å². The van der Waals surface area contributed by atoms with Gasteiger partial charge in [0.2, 0.25) is 5.91 Å². The zero-order chi connectivity index (χ0) is 14.7. The summed E-state index contributed by atoms with van der Waals surface area (Å²) in [6, 6.07) is 0. The van der Waals surface area contributed by atoms with Crippen molar-refractivity contribution in [2.45, 2.75) is 52.1 Å². The lowest BCUT2D eigenvalue weighted by Gasteiger charge is -2.44. The second-order valence-electron chi connectivity index (χ2n) is 6.06. The fourth-order valence-electron chi connectivity index (χ4n) is 1.88. The maximum Gasteiger partial charge on any atom is 0.249 e. The van der Waals surface area contributed by atoms with Crippen LogP contribution in [0.15, 0.2) is 12.7 Å². The Labute approximate surface area is 115 Å².